The van der Waals surface area contributed by atoms with Gasteiger partial charge in [-0.3, -0.25) is 19.4 Å². The van der Waals surface area contributed by atoms with Crippen LogP contribution >= 0.6 is 0 Å². The Hall–Kier alpha value is -3.81. The molecule has 0 radical (unpaired) electrons. The molecule has 8 heteroatoms. The molecule has 142 valence electrons. The van der Waals surface area contributed by atoms with Gasteiger partial charge in [-0.15, -0.1) is 0 Å². The van der Waals surface area contributed by atoms with E-state index in [-0.39, 0.29) is 12.1 Å². The smallest absolute Gasteiger partial charge is 0.287 e. The Morgan fingerprint density at radius 1 is 1.00 bits per heavy atom. The van der Waals surface area contributed by atoms with Crippen LogP contribution in [0.2, 0.25) is 0 Å². The normalized spacial score (nSPS) is 11.6. The fourth-order valence-corrected chi connectivity index (χ4v) is 2.79. The molecule has 3 N–H and O–H groups in total. The van der Waals surface area contributed by atoms with Crippen molar-refractivity contribution in [1.29, 1.82) is 0 Å². The van der Waals surface area contributed by atoms with E-state index < -0.39 is 23.6 Å². The van der Waals surface area contributed by atoms with Gasteiger partial charge in [-0.2, -0.15) is 5.10 Å². The van der Waals surface area contributed by atoms with Gasteiger partial charge in [0.2, 0.25) is 5.78 Å². The third kappa shape index (κ3) is 4.47. The standard InChI is InChI=1S/C20H19N5O3/c21-19(27)18(26)16(7-6-14-4-2-1-3-5-14)24-20(28)17-10-13-23-25(17)15-8-11-22-12-9-15/h1-5,8-13,16H,6-7H2,(H2,21,27)(H,24,28). The van der Waals surface area contributed by atoms with Crippen molar-refractivity contribution in [2.75, 3.05) is 0 Å². The molecule has 2 heterocycles. The molecule has 1 unspecified atom stereocenters. The van der Waals surface area contributed by atoms with Crippen LogP contribution in [0.3, 0.4) is 0 Å². The number of aryl methyl sites for hydroxylation is 1. The molecule has 3 aromatic rings. The molecule has 3 rings (SSSR count). The number of rotatable bonds is 8. The number of hydrogen-bond donors (Lipinski definition) is 2. The van der Waals surface area contributed by atoms with Crippen molar-refractivity contribution in [2.45, 2.75) is 18.9 Å². The van der Waals surface area contributed by atoms with Gasteiger partial charge in [0.1, 0.15) is 5.69 Å². The topological polar surface area (TPSA) is 120 Å². The molecule has 0 spiro atoms. The summed E-state index contributed by atoms with van der Waals surface area (Å²) in [5.74, 6) is -2.44. The Bertz CT molecular complexity index is 970. The lowest BCUT2D eigenvalue weighted by Crippen LogP contribution is -2.46. The Morgan fingerprint density at radius 2 is 1.71 bits per heavy atom. The Kier molecular flexibility index (Phi) is 5.91. The van der Waals surface area contributed by atoms with E-state index in [9.17, 15) is 14.4 Å². The molecule has 0 aliphatic heterocycles. The van der Waals surface area contributed by atoms with E-state index in [0.29, 0.717) is 12.1 Å². The number of benzene rings is 1. The average molecular weight is 377 g/mol. The maximum atomic E-state index is 12.8. The van der Waals surface area contributed by atoms with E-state index in [4.69, 9.17) is 5.73 Å². The molecule has 0 bridgehead atoms. The van der Waals surface area contributed by atoms with Crippen LogP contribution < -0.4 is 11.1 Å². The van der Waals surface area contributed by atoms with Crippen LogP contribution in [0.15, 0.2) is 67.1 Å². The highest BCUT2D eigenvalue weighted by atomic mass is 16.2. The third-order valence-corrected chi connectivity index (χ3v) is 4.21. The van der Waals surface area contributed by atoms with Crippen LogP contribution in [0.25, 0.3) is 5.69 Å². The second-order valence-electron chi connectivity index (χ2n) is 6.11. The molecule has 0 saturated carbocycles. The van der Waals surface area contributed by atoms with E-state index in [1.54, 1.807) is 24.5 Å². The minimum absolute atomic E-state index is 0.230. The first-order valence-electron chi connectivity index (χ1n) is 8.69. The van der Waals surface area contributed by atoms with Crippen molar-refractivity contribution in [1.82, 2.24) is 20.1 Å². The highest BCUT2D eigenvalue weighted by Crippen LogP contribution is 2.11. The summed E-state index contributed by atoms with van der Waals surface area (Å²) in [4.78, 5) is 40.3. The molecule has 0 aliphatic rings. The molecule has 1 aromatic carbocycles. The Balaban J connectivity index is 1.77. The lowest BCUT2D eigenvalue weighted by Gasteiger charge is -2.17. The molecule has 28 heavy (non-hydrogen) atoms. The minimum Gasteiger partial charge on any atom is -0.363 e. The number of hydrogen-bond acceptors (Lipinski definition) is 5. The fourth-order valence-electron chi connectivity index (χ4n) is 2.79. The van der Waals surface area contributed by atoms with E-state index in [2.05, 4.69) is 15.4 Å². The van der Waals surface area contributed by atoms with Gasteiger partial charge < -0.3 is 11.1 Å². The van der Waals surface area contributed by atoms with Crippen LogP contribution in [0.5, 0.6) is 0 Å². The third-order valence-electron chi connectivity index (χ3n) is 4.21. The van der Waals surface area contributed by atoms with Crippen molar-refractivity contribution >= 4 is 17.6 Å². The maximum absolute atomic E-state index is 12.8. The van der Waals surface area contributed by atoms with Gasteiger partial charge in [-0.25, -0.2) is 4.68 Å². The summed E-state index contributed by atoms with van der Waals surface area (Å²) in [7, 11) is 0. The van der Waals surface area contributed by atoms with Crippen molar-refractivity contribution < 1.29 is 14.4 Å². The number of nitrogens with zero attached hydrogens (tertiary/aromatic N) is 3. The molecular formula is C20H19N5O3. The molecule has 0 saturated heterocycles. The summed E-state index contributed by atoms with van der Waals surface area (Å²) in [6.07, 6.45) is 5.40. The molecule has 2 aromatic heterocycles. The Labute approximate surface area is 161 Å². The summed E-state index contributed by atoms with van der Waals surface area (Å²) in [5.41, 5.74) is 7.02. The fraction of sp³-hybridized carbons (Fsp3) is 0.150. The van der Waals surface area contributed by atoms with Gasteiger partial charge in [0.15, 0.2) is 0 Å². The van der Waals surface area contributed by atoms with E-state index in [1.807, 2.05) is 30.3 Å². The van der Waals surface area contributed by atoms with Crippen LogP contribution in [0.1, 0.15) is 22.5 Å². The van der Waals surface area contributed by atoms with Crippen molar-refractivity contribution in [2.24, 2.45) is 5.73 Å². The summed E-state index contributed by atoms with van der Waals surface area (Å²) in [5, 5.41) is 6.76. The first kappa shape index (κ1) is 19.0. The first-order chi connectivity index (χ1) is 13.6. The van der Waals surface area contributed by atoms with Gasteiger partial charge in [-0.1, -0.05) is 30.3 Å². The number of amides is 2. The van der Waals surface area contributed by atoms with E-state index >= 15 is 0 Å². The highest BCUT2D eigenvalue weighted by Gasteiger charge is 2.26. The van der Waals surface area contributed by atoms with Crippen LogP contribution in [-0.2, 0) is 16.0 Å². The molecule has 2 amide bonds. The Morgan fingerprint density at radius 3 is 2.39 bits per heavy atom. The number of nitrogens with two attached hydrogens (primary N) is 1. The number of carbonyl (C=O) groups excluding carboxylic acids is 3. The predicted octanol–water partition coefficient (Wildman–Crippen LogP) is 1.05. The number of nitrogens with one attached hydrogen (secondary N) is 1. The van der Waals surface area contributed by atoms with E-state index in [1.165, 1.54) is 16.9 Å². The van der Waals surface area contributed by atoms with Crippen LogP contribution in [-0.4, -0.2) is 38.4 Å². The highest BCUT2D eigenvalue weighted by molar-refractivity contribution is 6.38. The SMILES string of the molecule is NC(=O)C(=O)C(CCc1ccccc1)NC(=O)c1ccnn1-c1ccncc1. The largest absolute Gasteiger partial charge is 0.363 e. The number of primary amides is 1. The summed E-state index contributed by atoms with van der Waals surface area (Å²) in [6, 6.07) is 13.4. The quantitative estimate of drug-likeness (QED) is 0.569. The zero-order valence-electron chi connectivity index (χ0n) is 15.0. The average Bonchev–Trinajstić information content (AvgIpc) is 3.22. The van der Waals surface area contributed by atoms with Gasteiger partial charge in [-0.05, 0) is 36.6 Å². The lowest BCUT2D eigenvalue weighted by molar-refractivity contribution is -0.137. The summed E-state index contributed by atoms with van der Waals surface area (Å²) < 4.78 is 1.43. The molecular weight excluding hydrogens is 358 g/mol. The second kappa shape index (κ2) is 8.72. The van der Waals surface area contributed by atoms with Gasteiger partial charge >= 0.3 is 0 Å². The number of aromatic nitrogens is 3. The number of carbonyl (C=O) groups is 3. The summed E-state index contributed by atoms with van der Waals surface area (Å²) >= 11 is 0. The van der Waals surface area contributed by atoms with Crippen molar-refractivity contribution in [3.8, 4) is 5.69 Å². The molecule has 1 atom stereocenters. The monoisotopic (exact) mass is 377 g/mol. The van der Waals surface area contributed by atoms with Crippen LogP contribution in [0, 0.1) is 0 Å². The molecule has 0 fully saturated rings. The number of Topliss-reactive ketones (excluding diaryl/α,β-unsaturated/α-hetero) is 1. The summed E-state index contributed by atoms with van der Waals surface area (Å²) in [6.45, 7) is 0. The minimum atomic E-state index is -1.08. The zero-order chi connectivity index (χ0) is 19.9. The first-order valence-corrected chi connectivity index (χ1v) is 8.69. The van der Waals surface area contributed by atoms with Gasteiger partial charge in [0, 0.05) is 12.4 Å². The number of pyridine rings is 1. The zero-order valence-corrected chi connectivity index (χ0v) is 15.0. The van der Waals surface area contributed by atoms with Crippen molar-refractivity contribution in [3.05, 3.63) is 78.4 Å². The van der Waals surface area contributed by atoms with Crippen LogP contribution in [0.4, 0.5) is 0 Å². The van der Waals surface area contributed by atoms with Gasteiger partial charge in [0.25, 0.3) is 11.8 Å². The predicted molar refractivity (Wildman–Crippen MR) is 102 cm³/mol. The van der Waals surface area contributed by atoms with Crippen molar-refractivity contribution in [3.63, 3.8) is 0 Å². The van der Waals surface area contributed by atoms with Gasteiger partial charge in [0.05, 0.1) is 17.9 Å². The maximum Gasteiger partial charge on any atom is 0.287 e. The van der Waals surface area contributed by atoms with E-state index in [0.717, 1.165) is 5.56 Å². The molecule has 0 aliphatic carbocycles. The number of ketones is 1. The molecule has 8 nitrogen and oxygen atoms in total. The lowest BCUT2D eigenvalue weighted by atomic mass is 10.0. The second-order valence-corrected chi connectivity index (χ2v) is 6.11.